The van der Waals surface area contributed by atoms with Crippen LogP contribution in [-0.4, -0.2) is 19.5 Å². The fourth-order valence-electron chi connectivity index (χ4n) is 3.05. The standard InChI is InChI=1S/C19H20ClFN4O/c1-9(2)14-12-8-13(21)17(20)24-18(12)25(19(26)23-14)16-11(5)6-7-22-15(16)10(3)4/h6-10H,1-5H3. The van der Waals surface area contributed by atoms with Crippen molar-refractivity contribution in [2.75, 3.05) is 0 Å². The zero-order valence-electron chi connectivity index (χ0n) is 15.3. The maximum Gasteiger partial charge on any atom is 0.354 e. The second-order valence-electron chi connectivity index (χ2n) is 6.92. The minimum absolute atomic E-state index is 0.0678. The smallest absolute Gasteiger partial charge is 0.259 e. The van der Waals surface area contributed by atoms with Crippen molar-refractivity contribution in [1.82, 2.24) is 19.5 Å². The van der Waals surface area contributed by atoms with E-state index in [1.54, 1.807) is 6.20 Å². The van der Waals surface area contributed by atoms with Gasteiger partial charge in [0, 0.05) is 11.6 Å². The minimum atomic E-state index is -0.639. The summed E-state index contributed by atoms with van der Waals surface area (Å²) in [5.41, 5.74) is 2.53. The highest BCUT2D eigenvalue weighted by atomic mass is 35.5. The summed E-state index contributed by atoms with van der Waals surface area (Å²) in [6.45, 7) is 9.67. The van der Waals surface area contributed by atoms with E-state index in [9.17, 15) is 9.18 Å². The molecular weight excluding hydrogens is 355 g/mol. The molecule has 3 rings (SSSR count). The first-order valence-electron chi connectivity index (χ1n) is 8.47. The summed E-state index contributed by atoms with van der Waals surface area (Å²) in [6, 6.07) is 3.12. The van der Waals surface area contributed by atoms with Gasteiger partial charge in [0.25, 0.3) is 0 Å². The molecule has 0 fully saturated rings. The molecule has 0 saturated heterocycles. The van der Waals surface area contributed by atoms with Gasteiger partial charge in [-0.3, -0.25) is 4.98 Å². The summed E-state index contributed by atoms with van der Waals surface area (Å²) in [6.07, 6.45) is 1.71. The highest BCUT2D eigenvalue weighted by molar-refractivity contribution is 6.29. The maximum atomic E-state index is 14.1. The third kappa shape index (κ3) is 2.98. The van der Waals surface area contributed by atoms with Crippen molar-refractivity contribution in [3.8, 4) is 5.69 Å². The Bertz CT molecular complexity index is 1060. The van der Waals surface area contributed by atoms with Crippen LogP contribution in [0.2, 0.25) is 5.15 Å². The molecule has 0 radical (unpaired) electrons. The van der Waals surface area contributed by atoms with Crippen LogP contribution in [0.1, 0.15) is 56.5 Å². The summed E-state index contributed by atoms with van der Waals surface area (Å²) >= 11 is 5.94. The van der Waals surface area contributed by atoms with Gasteiger partial charge < -0.3 is 0 Å². The predicted octanol–water partition coefficient (Wildman–Crippen LogP) is 4.52. The van der Waals surface area contributed by atoms with Gasteiger partial charge in [-0.05, 0) is 36.5 Å². The van der Waals surface area contributed by atoms with E-state index >= 15 is 0 Å². The first kappa shape index (κ1) is 18.5. The van der Waals surface area contributed by atoms with E-state index in [1.165, 1.54) is 10.6 Å². The van der Waals surface area contributed by atoms with Crippen LogP contribution in [0.3, 0.4) is 0 Å². The molecule has 7 heteroatoms. The molecule has 0 aliphatic rings. The Morgan fingerprint density at radius 2 is 1.77 bits per heavy atom. The van der Waals surface area contributed by atoms with Crippen molar-refractivity contribution in [1.29, 1.82) is 0 Å². The summed E-state index contributed by atoms with van der Waals surface area (Å²) in [7, 11) is 0. The molecule has 136 valence electrons. The van der Waals surface area contributed by atoms with Gasteiger partial charge in [0.15, 0.2) is 16.6 Å². The molecule has 26 heavy (non-hydrogen) atoms. The van der Waals surface area contributed by atoms with Gasteiger partial charge in [0.1, 0.15) is 0 Å². The average molecular weight is 375 g/mol. The van der Waals surface area contributed by atoms with E-state index in [0.717, 1.165) is 11.3 Å². The zero-order chi connectivity index (χ0) is 19.2. The molecule has 0 atom stereocenters. The van der Waals surface area contributed by atoms with Crippen LogP contribution in [0.15, 0.2) is 23.1 Å². The van der Waals surface area contributed by atoms with Gasteiger partial charge >= 0.3 is 5.69 Å². The van der Waals surface area contributed by atoms with Crippen molar-refractivity contribution in [3.05, 3.63) is 56.7 Å². The van der Waals surface area contributed by atoms with Crippen molar-refractivity contribution in [3.63, 3.8) is 0 Å². The summed E-state index contributed by atoms with van der Waals surface area (Å²) < 4.78 is 15.5. The van der Waals surface area contributed by atoms with Crippen LogP contribution in [0.25, 0.3) is 16.7 Å². The van der Waals surface area contributed by atoms with Crippen LogP contribution in [0.5, 0.6) is 0 Å². The summed E-state index contributed by atoms with van der Waals surface area (Å²) in [5.74, 6) is -0.630. The SMILES string of the molecule is Cc1ccnc(C(C)C)c1-n1c(=O)nc(C(C)C)c2cc(F)c(Cl)nc21. The summed E-state index contributed by atoms with van der Waals surface area (Å²) in [4.78, 5) is 25.8. The van der Waals surface area contributed by atoms with Gasteiger partial charge in [0.2, 0.25) is 0 Å². The van der Waals surface area contributed by atoms with E-state index < -0.39 is 11.5 Å². The molecule has 0 aliphatic heterocycles. The third-order valence-electron chi connectivity index (χ3n) is 4.28. The second kappa shape index (κ2) is 6.76. The Labute approximate surface area is 155 Å². The third-order valence-corrected chi connectivity index (χ3v) is 4.54. The first-order valence-corrected chi connectivity index (χ1v) is 8.84. The second-order valence-corrected chi connectivity index (χ2v) is 7.28. The molecule has 0 unspecified atom stereocenters. The topological polar surface area (TPSA) is 60.7 Å². The normalized spacial score (nSPS) is 11.7. The fourth-order valence-corrected chi connectivity index (χ4v) is 3.18. The molecule has 0 spiro atoms. The number of aryl methyl sites for hydroxylation is 1. The van der Waals surface area contributed by atoms with Gasteiger partial charge in [-0.25, -0.2) is 18.7 Å². The first-order chi connectivity index (χ1) is 12.2. The van der Waals surface area contributed by atoms with Crippen molar-refractivity contribution < 1.29 is 4.39 Å². The lowest BCUT2D eigenvalue weighted by Crippen LogP contribution is -2.27. The van der Waals surface area contributed by atoms with Gasteiger partial charge in [0.05, 0.1) is 17.1 Å². The van der Waals surface area contributed by atoms with Crippen LogP contribution < -0.4 is 5.69 Å². The van der Waals surface area contributed by atoms with E-state index in [-0.39, 0.29) is 22.6 Å². The highest BCUT2D eigenvalue weighted by Gasteiger charge is 2.22. The van der Waals surface area contributed by atoms with E-state index in [4.69, 9.17) is 11.6 Å². The average Bonchev–Trinajstić information content (AvgIpc) is 2.56. The van der Waals surface area contributed by atoms with Crippen LogP contribution in [0, 0.1) is 12.7 Å². The molecule has 3 heterocycles. The number of halogens is 2. The van der Waals surface area contributed by atoms with Gasteiger partial charge in [-0.2, -0.15) is 4.98 Å². The number of pyridine rings is 2. The van der Waals surface area contributed by atoms with E-state index in [1.807, 2.05) is 40.7 Å². The Morgan fingerprint density at radius 1 is 1.12 bits per heavy atom. The number of rotatable bonds is 3. The Balaban J connectivity index is 2.54. The maximum absolute atomic E-state index is 14.1. The van der Waals surface area contributed by atoms with Crippen molar-refractivity contribution >= 4 is 22.6 Å². The lowest BCUT2D eigenvalue weighted by atomic mass is 10.0. The Morgan fingerprint density at radius 3 is 2.38 bits per heavy atom. The number of fused-ring (bicyclic) bond motifs is 1. The van der Waals surface area contributed by atoms with Gasteiger partial charge in [-0.15, -0.1) is 0 Å². The number of hydrogen-bond donors (Lipinski definition) is 0. The summed E-state index contributed by atoms with van der Waals surface area (Å²) in [5, 5.41) is 0.193. The number of aromatic nitrogens is 4. The lowest BCUT2D eigenvalue weighted by Gasteiger charge is -2.19. The number of hydrogen-bond acceptors (Lipinski definition) is 4. The molecule has 0 aromatic carbocycles. The molecular formula is C19H20ClFN4O. The van der Waals surface area contributed by atoms with E-state index in [2.05, 4.69) is 15.0 Å². The number of nitrogens with zero attached hydrogens (tertiary/aromatic N) is 4. The fraction of sp³-hybridized carbons (Fsp3) is 0.368. The molecule has 0 N–H and O–H groups in total. The molecule has 0 amide bonds. The molecule has 0 saturated carbocycles. The van der Waals surface area contributed by atoms with Crippen LogP contribution in [-0.2, 0) is 0 Å². The minimum Gasteiger partial charge on any atom is -0.259 e. The van der Waals surface area contributed by atoms with Crippen molar-refractivity contribution in [2.45, 2.75) is 46.5 Å². The molecule has 3 aromatic heterocycles. The zero-order valence-corrected chi connectivity index (χ0v) is 16.1. The van der Waals surface area contributed by atoms with Crippen molar-refractivity contribution in [2.24, 2.45) is 0 Å². The quantitative estimate of drug-likeness (QED) is 0.632. The Hall–Kier alpha value is -2.34. The Kier molecular flexibility index (Phi) is 4.80. The monoisotopic (exact) mass is 374 g/mol. The highest BCUT2D eigenvalue weighted by Crippen LogP contribution is 2.29. The largest absolute Gasteiger partial charge is 0.354 e. The van der Waals surface area contributed by atoms with Crippen LogP contribution in [0.4, 0.5) is 4.39 Å². The molecule has 0 bridgehead atoms. The lowest BCUT2D eigenvalue weighted by molar-refractivity contribution is 0.623. The predicted molar refractivity (Wildman–Crippen MR) is 101 cm³/mol. The van der Waals surface area contributed by atoms with Gasteiger partial charge in [-0.1, -0.05) is 39.3 Å². The van der Waals surface area contributed by atoms with E-state index in [0.29, 0.717) is 16.8 Å². The molecule has 5 nitrogen and oxygen atoms in total. The van der Waals surface area contributed by atoms with Crippen LogP contribution >= 0.6 is 11.6 Å². The molecule has 3 aromatic rings. The molecule has 0 aliphatic carbocycles.